The van der Waals surface area contributed by atoms with E-state index in [-0.39, 0.29) is 17.2 Å². The van der Waals surface area contributed by atoms with Gasteiger partial charge in [0, 0.05) is 39.2 Å². The Kier molecular flexibility index (Phi) is 4.34. The van der Waals surface area contributed by atoms with Crippen LogP contribution in [0.15, 0.2) is 6.07 Å². The summed E-state index contributed by atoms with van der Waals surface area (Å²) in [5, 5.41) is 5.84. The number of carbonyl (C=O) groups excluding carboxylic acids is 1. The van der Waals surface area contributed by atoms with Crippen molar-refractivity contribution in [2.45, 2.75) is 33.1 Å². The van der Waals surface area contributed by atoms with E-state index in [4.69, 9.17) is 0 Å². The van der Waals surface area contributed by atoms with E-state index in [1.165, 1.54) is 0 Å². The lowest BCUT2D eigenvalue weighted by molar-refractivity contribution is -0.128. The molecule has 2 heterocycles. The summed E-state index contributed by atoms with van der Waals surface area (Å²) < 4.78 is 0. The summed E-state index contributed by atoms with van der Waals surface area (Å²) in [5.74, 6) is 2.90. The predicted octanol–water partition coefficient (Wildman–Crippen LogP) is 1.60. The minimum atomic E-state index is -0.350. The highest BCUT2D eigenvalue weighted by Gasteiger charge is 2.40. The molecule has 1 atom stereocenters. The van der Waals surface area contributed by atoms with Crippen molar-refractivity contribution in [2.24, 2.45) is 5.41 Å². The molecular formula is C15H25N5O. The summed E-state index contributed by atoms with van der Waals surface area (Å²) in [4.78, 5) is 23.3. The van der Waals surface area contributed by atoms with Crippen LogP contribution >= 0.6 is 0 Å². The van der Waals surface area contributed by atoms with E-state index < -0.39 is 0 Å². The van der Waals surface area contributed by atoms with Crippen LogP contribution in [0.25, 0.3) is 0 Å². The Hall–Kier alpha value is -1.85. The molecule has 1 aliphatic heterocycles. The maximum atomic E-state index is 12.0. The fourth-order valence-corrected chi connectivity index (χ4v) is 2.64. The summed E-state index contributed by atoms with van der Waals surface area (Å²) in [6.07, 6.45) is 0.836. The van der Waals surface area contributed by atoms with Gasteiger partial charge in [-0.1, -0.05) is 13.8 Å². The van der Waals surface area contributed by atoms with Crippen molar-refractivity contribution >= 4 is 17.5 Å². The van der Waals surface area contributed by atoms with E-state index in [1.54, 1.807) is 7.05 Å². The minimum absolute atomic E-state index is 0.0944. The number of amides is 1. The van der Waals surface area contributed by atoms with Crippen LogP contribution < -0.4 is 15.5 Å². The lowest BCUT2D eigenvalue weighted by Crippen LogP contribution is -2.39. The molecule has 1 amide bonds. The van der Waals surface area contributed by atoms with Crippen molar-refractivity contribution < 1.29 is 4.79 Å². The van der Waals surface area contributed by atoms with Gasteiger partial charge < -0.3 is 15.5 Å². The van der Waals surface area contributed by atoms with E-state index >= 15 is 0 Å². The molecule has 6 nitrogen and oxygen atoms in total. The molecule has 1 saturated heterocycles. The number of hydrogen-bond donors (Lipinski definition) is 2. The number of carbonyl (C=O) groups is 1. The molecule has 2 rings (SSSR count). The zero-order valence-electron chi connectivity index (χ0n) is 13.5. The molecule has 1 aromatic rings. The first-order chi connectivity index (χ1) is 9.89. The fourth-order valence-electron chi connectivity index (χ4n) is 2.64. The monoisotopic (exact) mass is 291 g/mol. The predicted molar refractivity (Wildman–Crippen MR) is 84.7 cm³/mol. The van der Waals surface area contributed by atoms with Crippen molar-refractivity contribution in [3.63, 3.8) is 0 Å². The van der Waals surface area contributed by atoms with Gasteiger partial charge in [-0.05, 0) is 13.3 Å². The van der Waals surface area contributed by atoms with E-state index in [9.17, 15) is 4.79 Å². The minimum Gasteiger partial charge on any atom is -0.373 e. The average molecular weight is 291 g/mol. The van der Waals surface area contributed by atoms with Crippen LogP contribution in [0.1, 0.15) is 38.9 Å². The third kappa shape index (κ3) is 3.09. The molecule has 1 aromatic heterocycles. The van der Waals surface area contributed by atoms with E-state index in [1.807, 2.05) is 20.0 Å². The third-order valence-electron chi connectivity index (χ3n) is 4.08. The summed E-state index contributed by atoms with van der Waals surface area (Å²) in [5.41, 5.74) is -0.350. The number of hydrogen-bond acceptors (Lipinski definition) is 5. The van der Waals surface area contributed by atoms with Crippen LogP contribution in [-0.2, 0) is 4.79 Å². The highest BCUT2D eigenvalue weighted by molar-refractivity contribution is 5.83. The molecule has 6 heteroatoms. The average Bonchev–Trinajstić information content (AvgIpc) is 2.89. The zero-order chi connectivity index (χ0) is 15.6. The number of nitrogens with zero attached hydrogens (tertiary/aromatic N) is 3. The number of aromatic nitrogens is 2. The smallest absolute Gasteiger partial charge is 0.227 e. The summed E-state index contributed by atoms with van der Waals surface area (Å²) in [6.45, 7) is 7.69. The second-order valence-electron chi connectivity index (χ2n) is 6.19. The summed E-state index contributed by atoms with van der Waals surface area (Å²) in [6, 6.07) is 1.95. The molecule has 116 valence electrons. The number of rotatable bonds is 4. The molecular weight excluding hydrogens is 266 g/mol. The molecule has 21 heavy (non-hydrogen) atoms. The molecule has 0 saturated carbocycles. The Bertz CT molecular complexity index is 531. The van der Waals surface area contributed by atoms with Gasteiger partial charge in [-0.25, -0.2) is 9.97 Å². The molecule has 1 aliphatic rings. The van der Waals surface area contributed by atoms with Crippen LogP contribution in [0.5, 0.6) is 0 Å². The Labute approximate surface area is 126 Å². The van der Waals surface area contributed by atoms with Gasteiger partial charge in [0.15, 0.2) is 0 Å². The Morgan fingerprint density at radius 1 is 1.38 bits per heavy atom. The van der Waals surface area contributed by atoms with Crippen molar-refractivity contribution in [3.05, 3.63) is 11.9 Å². The highest BCUT2D eigenvalue weighted by atomic mass is 16.2. The van der Waals surface area contributed by atoms with E-state index in [2.05, 4.69) is 39.3 Å². The maximum absolute atomic E-state index is 12.0. The molecule has 1 fully saturated rings. The van der Waals surface area contributed by atoms with Gasteiger partial charge in [-0.3, -0.25) is 4.79 Å². The molecule has 2 N–H and O–H groups in total. The zero-order valence-corrected chi connectivity index (χ0v) is 13.5. The van der Waals surface area contributed by atoms with Gasteiger partial charge in [0.05, 0.1) is 5.41 Å². The molecule has 0 aromatic carbocycles. The fraction of sp³-hybridized carbons (Fsp3) is 0.667. The SMILES string of the molecule is CNC(=O)C1(C)CCN(c2cc(NC)nc(C(C)C)n2)C1. The summed E-state index contributed by atoms with van der Waals surface area (Å²) >= 11 is 0. The van der Waals surface area contributed by atoms with Crippen LogP contribution in [0.2, 0.25) is 0 Å². The van der Waals surface area contributed by atoms with Crippen molar-refractivity contribution in [2.75, 3.05) is 37.4 Å². The first kappa shape index (κ1) is 15.5. The number of anilines is 2. The maximum Gasteiger partial charge on any atom is 0.227 e. The van der Waals surface area contributed by atoms with Crippen molar-refractivity contribution in [1.29, 1.82) is 0 Å². The summed E-state index contributed by atoms with van der Waals surface area (Å²) in [7, 11) is 3.55. The van der Waals surface area contributed by atoms with Gasteiger partial charge in [-0.2, -0.15) is 0 Å². The molecule has 0 spiro atoms. The van der Waals surface area contributed by atoms with Crippen LogP contribution in [0.4, 0.5) is 11.6 Å². The molecule has 1 unspecified atom stereocenters. The molecule has 0 aliphatic carbocycles. The topological polar surface area (TPSA) is 70.2 Å². The van der Waals surface area contributed by atoms with Gasteiger partial charge in [0.2, 0.25) is 5.91 Å². The van der Waals surface area contributed by atoms with E-state index in [0.29, 0.717) is 6.54 Å². The Balaban J connectivity index is 2.27. The first-order valence-corrected chi connectivity index (χ1v) is 7.43. The Morgan fingerprint density at radius 3 is 2.67 bits per heavy atom. The first-order valence-electron chi connectivity index (χ1n) is 7.43. The van der Waals surface area contributed by atoms with Crippen LogP contribution in [-0.4, -0.2) is 43.1 Å². The molecule has 0 bridgehead atoms. The largest absolute Gasteiger partial charge is 0.373 e. The lowest BCUT2D eigenvalue weighted by atomic mass is 9.89. The second kappa shape index (κ2) is 5.87. The standard InChI is InChI=1S/C15H25N5O/c1-10(2)13-18-11(16-4)8-12(19-13)20-7-6-15(3,9-20)14(21)17-5/h8,10H,6-7,9H2,1-5H3,(H,17,21)(H,16,18,19). The van der Waals surface area contributed by atoms with Gasteiger partial charge >= 0.3 is 0 Å². The highest BCUT2D eigenvalue weighted by Crippen LogP contribution is 2.33. The van der Waals surface area contributed by atoms with E-state index in [0.717, 1.165) is 30.4 Å². The van der Waals surface area contributed by atoms with Crippen molar-refractivity contribution in [3.8, 4) is 0 Å². The van der Waals surface area contributed by atoms with Crippen molar-refractivity contribution in [1.82, 2.24) is 15.3 Å². The normalized spacial score (nSPS) is 21.7. The second-order valence-corrected chi connectivity index (χ2v) is 6.19. The Morgan fingerprint density at radius 2 is 2.10 bits per heavy atom. The third-order valence-corrected chi connectivity index (χ3v) is 4.08. The quantitative estimate of drug-likeness (QED) is 0.882. The number of nitrogens with one attached hydrogen (secondary N) is 2. The van der Waals surface area contributed by atoms with Crippen LogP contribution in [0.3, 0.4) is 0 Å². The van der Waals surface area contributed by atoms with Gasteiger partial charge in [0.25, 0.3) is 0 Å². The van der Waals surface area contributed by atoms with Gasteiger partial charge in [0.1, 0.15) is 17.5 Å². The lowest BCUT2D eigenvalue weighted by Gasteiger charge is -2.24. The van der Waals surface area contributed by atoms with Crippen LogP contribution in [0, 0.1) is 5.41 Å². The molecule has 0 radical (unpaired) electrons. The van der Waals surface area contributed by atoms with Gasteiger partial charge in [-0.15, -0.1) is 0 Å².